The van der Waals surface area contributed by atoms with Crippen LogP contribution in [0.5, 0.6) is 0 Å². The highest BCUT2D eigenvalue weighted by atomic mass is 32.2. The van der Waals surface area contributed by atoms with Crippen LogP contribution >= 0.6 is 23.5 Å². The van der Waals surface area contributed by atoms with Crippen molar-refractivity contribution in [1.29, 1.82) is 0 Å². The number of hydrogen-bond donors (Lipinski definition) is 1. The molecule has 0 aliphatic carbocycles. The Morgan fingerprint density at radius 3 is 2.10 bits per heavy atom. The second-order valence-corrected chi connectivity index (χ2v) is 8.81. The van der Waals surface area contributed by atoms with Gasteiger partial charge >= 0.3 is 5.97 Å². The number of nitrogens with two attached hydrogens (primary N) is 1. The number of thioether (sulfide) groups is 1. The summed E-state index contributed by atoms with van der Waals surface area (Å²) in [5.41, 5.74) is 7.69. The summed E-state index contributed by atoms with van der Waals surface area (Å²) >= 11 is 3.48. The second kappa shape index (κ2) is 11.0. The van der Waals surface area contributed by atoms with E-state index in [1.54, 1.807) is 23.5 Å². The van der Waals surface area contributed by atoms with Crippen LogP contribution in [-0.2, 0) is 9.53 Å². The van der Waals surface area contributed by atoms with Gasteiger partial charge in [-0.1, -0.05) is 42.1 Å². The summed E-state index contributed by atoms with van der Waals surface area (Å²) < 4.78 is 5.17. The molecule has 0 aliphatic heterocycles. The highest BCUT2D eigenvalue weighted by Gasteiger charge is 2.17. The highest BCUT2D eigenvalue weighted by Crippen LogP contribution is 2.32. The molecular weight excluding hydrogens is 398 g/mol. The molecule has 150 valence electrons. The van der Waals surface area contributed by atoms with Crippen LogP contribution in [0.15, 0.2) is 93.5 Å². The highest BCUT2D eigenvalue weighted by molar-refractivity contribution is 7.99. The molecule has 0 bridgehead atoms. The molecule has 29 heavy (non-hydrogen) atoms. The Labute approximate surface area is 181 Å². The Kier molecular flexibility index (Phi) is 8.08. The zero-order chi connectivity index (χ0) is 20.5. The van der Waals surface area contributed by atoms with Gasteiger partial charge in [-0.2, -0.15) is 0 Å². The summed E-state index contributed by atoms with van der Waals surface area (Å²) in [6.45, 7) is 2.26. The molecule has 5 heteroatoms. The van der Waals surface area contributed by atoms with Gasteiger partial charge in [-0.15, -0.1) is 11.8 Å². The summed E-state index contributed by atoms with van der Waals surface area (Å²) in [5.74, 6) is 0.814. The van der Waals surface area contributed by atoms with Gasteiger partial charge in [-0.3, -0.25) is 4.79 Å². The van der Waals surface area contributed by atoms with Gasteiger partial charge in [-0.25, -0.2) is 0 Å². The lowest BCUT2D eigenvalue weighted by Gasteiger charge is -2.16. The molecule has 0 spiro atoms. The molecule has 3 rings (SSSR count). The van der Waals surface area contributed by atoms with Crippen LogP contribution in [0.3, 0.4) is 0 Å². The minimum atomic E-state index is -0.141. The van der Waals surface area contributed by atoms with Crippen molar-refractivity contribution >= 4 is 35.2 Å². The normalized spacial score (nSPS) is 11.8. The first kappa shape index (κ1) is 21.3. The van der Waals surface area contributed by atoms with E-state index >= 15 is 0 Å². The van der Waals surface area contributed by atoms with E-state index in [0.717, 1.165) is 16.3 Å². The smallest absolute Gasteiger partial charge is 0.306 e. The lowest BCUT2D eigenvalue weighted by Crippen LogP contribution is -2.12. The molecule has 1 atom stereocenters. The van der Waals surface area contributed by atoms with Crippen molar-refractivity contribution in [3.05, 3.63) is 84.4 Å². The summed E-state index contributed by atoms with van der Waals surface area (Å²) in [4.78, 5) is 15.6. The third-order valence-corrected chi connectivity index (χ3v) is 6.57. The van der Waals surface area contributed by atoms with Gasteiger partial charge in [0.25, 0.3) is 0 Å². The number of carbonyl (C=O) groups excluding carboxylic acids is 1. The van der Waals surface area contributed by atoms with Crippen LogP contribution in [0.4, 0.5) is 5.69 Å². The summed E-state index contributed by atoms with van der Waals surface area (Å²) in [7, 11) is 0. The van der Waals surface area contributed by atoms with Crippen molar-refractivity contribution in [3.63, 3.8) is 0 Å². The lowest BCUT2D eigenvalue weighted by molar-refractivity contribution is -0.143. The number of benzene rings is 3. The Bertz CT molecular complexity index is 896. The fourth-order valence-corrected chi connectivity index (χ4v) is 4.74. The Hall–Kier alpha value is -2.37. The molecule has 3 aromatic rings. The Morgan fingerprint density at radius 2 is 1.48 bits per heavy atom. The van der Waals surface area contributed by atoms with E-state index in [-0.39, 0.29) is 11.9 Å². The predicted molar refractivity (Wildman–Crippen MR) is 123 cm³/mol. The molecule has 0 radical (unpaired) electrons. The van der Waals surface area contributed by atoms with Crippen LogP contribution in [0, 0.1) is 0 Å². The fourth-order valence-electron chi connectivity index (χ4n) is 2.89. The number of hydrogen-bond acceptors (Lipinski definition) is 5. The molecule has 0 saturated carbocycles. The van der Waals surface area contributed by atoms with Crippen molar-refractivity contribution in [1.82, 2.24) is 0 Å². The monoisotopic (exact) mass is 423 g/mol. The molecule has 0 aromatic heterocycles. The molecule has 0 heterocycles. The first-order valence-electron chi connectivity index (χ1n) is 9.61. The molecular formula is C24H25NO2S2. The minimum Gasteiger partial charge on any atom is -0.466 e. The molecule has 3 aromatic carbocycles. The summed E-state index contributed by atoms with van der Waals surface area (Å²) in [6, 6.07) is 26.6. The maximum absolute atomic E-state index is 12.0. The van der Waals surface area contributed by atoms with Gasteiger partial charge in [0.1, 0.15) is 0 Å². The number of nitrogen functional groups attached to an aromatic ring is 1. The number of anilines is 1. The number of carbonyl (C=O) groups is 1. The molecule has 3 nitrogen and oxygen atoms in total. The van der Waals surface area contributed by atoms with Gasteiger partial charge < -0.3 is 10.5 Å². The van der Waals surface area contributed by atoms with Crippen molar-refractivity contribution in [2.24, 2.45) is 0 Å². The first-order valence-corrected chi connectivity index (χ1v) is 11.4. The Balaban J connectivity index is 1.61. The standard InChI is InChI=1S/C24H25NO2S2/c1-2-27-24(26)16-19(18-6-4-3-5-7-18)17-28-21-12-14-23(15-13-21)29-22-10-8-20(25)9-11-22/h3-15,19H,2,16-17,25H2,1H3. The van der Waals surface area contributed by atoms with E-state index < -0.39 is 0 Å². The van der Waals surface area contributed by atoms with E-state index in [1.807, 2.05) is 49.4 Å². The average molecular weight is 424 g/mol. The second-order valence-electron chi connectivity index (χ2n) is 6.57. The Morgan fingerprint density at radius 1 is 0.897 bits per heavy atom. The van der Waals surface area contributed by atoms with E-state index in [0.29, 0.717) is 13.0 Å². The van der Waals surface area contributed by atoms with Gasteiger partial charge in [0.2, 0.25) is 0 Å². The summed E-state index contributed by atoms with van der Waals surface area (Å²) in [5, 5.41) is 0. The van der Waals surface area contributed by atoms with Gasteiger partial charge in [-0.05, 0) is 61.0 Å². The third-order valence-electron chi connectivity index (χ3n) is 4.38. The topological polar surface area (TPSA) is 52.3 Å². The zero-order valence-corrected chi connectivity index (χ0v) is 18.0. The molecule has 0 aliphatic rings. The van der Waals surface area contributed by atoms with Crippen molar-refractivity contribution < 1.29 is 9.53 Å². The molecule has 1 unspecified atom stereocenters. The molecule has 0 amide bonds. The van der Waals surface area contributed by atoms with Crippen LogP contribution in [0.2, 0.25) is 0 Å². The average Bonchev–Trinajstić information content (AvgIpc) is 2.74. The largest absolute Gasteiger partial charge is 0.466 e. The number of esters is 1. The van der Waals surface area contributed by atoms with E-state index in [2.05, 4.69) is 36.4 Å². The minimum absolute atomic E-state index is 0.129. The van der Waals surface area contributed by atoms with Crippen LogP contribution < -0.4 is 5.73 Å². The zero-order valence-electron chi connectivity index (χ0n) is 16.4. The predicted octanol–water partition coefficient (Wildman–Crippen LogP) is 6.25. The maximum atomic E-state index is 12.0. The van der Waals surface area contributed by atoms with E-state index in [9.17, 15) is 4.79 Å². The molecule has 0 fully saturated rings. The van der Waals surface area contributed by atoms with Crippen molar-refractivity contribution in [2.45, 2.75) is 33.9 Å². The van der Waals surface area contributed by atoms with Crippen molar-refractivity contribution in [3.8, 4) is 0 Å². The van der Waals surface area contributed by atoms with Gasteiger partial charge in [0.05, 0.1) is 13.0 Å². The fraction of sp³-hybridized carbons (Fsp3) is 0.208. The first-order chi connectivity index (χ1) is 14.1. The lowest BCUT2D eigenvalue weighted by atomic mass is 9.98. The van der Waals surface area contributed by atoms with Gasteiger partial charge in [0, 0.05) is 32.0 Å². The third kappa shape index (κ3) is 6.87. The van der Waals surface area contributed by atoms with Crippen molar-refractivity contribution in [2.75, 3.05) is 18.1 Å². The number of ether oxygens (including phenoxy) is 1. The SMILES string of the molecule is CCOC(=O)CC(CSc1ccc(Sc2ccc(N)cc2)cc1)c1ccccc1. The van der Waals surface area contributed by atoms with Crippen LogP contribution in [0.1, 0.15) is 24.8 Å². The van der Waals surface area contributed by atoms with Gasteiger partial charge in [0.15, 0.2) is 0 Å². The number of rotatable bonds is 9. The van der Waals surface area contributed by atoms with E-state index in [1.165, 1.54) is 15.4 Å². The quantitative estimate of drug-likeness (QED) is 0.250. The summed E-state index contributed by atoms with van der Waals surface area (Å²) in [6.07, 6.45) is 0.399. The van der Waals surface area contributed by atoms with Crippen LogP contribution in [0.25, 0.3) is 0 Å². The maximum Gasteiger partial charge on any atom is 0.306 e. The van der Waals surface area contributed by atoms with Crippen LogP contribution in [-0.4, -0.2) is 18.3 Å². The van der Waals surface area contributed by atoms with E-state index in [4.69, 9.17) is 10.5 Å². The molecule has 2 N–H and O–H groups in total. The molecule has 0 saturated heterocycles.